The lowest BCUT2D eigenvalue weighted by Gasteiger charge is -2.32. The van der Waals surface area contributed by atoms with Gasteiger partial charge in [0.15, 0.2) is 0 Å². The molecule has 4 nitrogen and oxygen atoms in total. The molecule has 0 aliphatic carbocycles. The van der Waals surface area contributed by atoms with Gasteiger partial charge < -0.3 is 5.11 Å². The van der Waals surface area contributed by atoms with E-state index in [4.69, 9.17) is 5.11 Å². The van der Waals surface area contributed by atoms with E-state index in [0.717, 1.165) is 23.6 Å². The Morgan fingerprint density at radius 1 is 1.52 bits per heavy atom. The van der Waals surface area contributed by atoms with Crippen LogP contribution >= 0.6 is 11.8 Å². The number of halogens is 1. The molecule has 0 spiro atoms. The Labute approximate surface area is 128 Å². The Morgan fingerprint density at radius 3 is 2.95 bits per heavy atom. The SMILES string of the molecule is CC1CSCCN1S(=O)(=O)c1ccc(F)cc1C#CCO. The molecule has 0 bridgehead atoms. The molecule has 1 aromatic rings. The fourth-order valence-corrected chi connectivity index (χ4v) is 5.14. The normalized spacial score (nSPS) is 19.9. The molecule has 1 unspecified atom stereocenters. The van der Waals surface area contributed by atoms with Crippen LogP contribution in [-0.2, 0) is 10.0 Å². The highest BCUT2D eigenvalue weighted by Crippen LogP contribution is 2.26. The highest BCUT2D eigenvalue weighted by molar-refractivity contribution is 7.99. The van der Waals surface area contributed by atoms with Crippen LogP contribution in [0.15, 0.2) is 23.1 Å². The Balaban J connectivity index is 2.49. The number of benzene rings is 1. The van der Waals surface area contributed by atoms with E-state index >= 15 is 0 Å². The number of thioether (sulfide) groups is 1. The fourth-order valence-electron chi connectivity index (χ4n) is 2.15. The molecule has 0 radical (unpaired) electrons. The molecule has 1 aliphatic heterocycles. The van der Waals surface area contributed by atoms with Crippen LogP contribution in [0, 0.1) is 17.7 Å². The second-order valence-corrected chi connectivity index (χ2v) is 7.65. The number of nitrogens with zero attached hydrogens (tertiary/aromatic N) is 1. The monoisotopic (exact) mass is 329 g/mol. The zero-order chi connectivity index (χ0) is 15.5. The summed E-state index contributed by atoms with van der Waals surface area (Å²) < 4.78 is 40.3. The van der Waals surface area contributed by atoms with Gasteiger partial charge in [-0.2, -0.15) is 16.1 Å². The number of hydrogen-bond donors (Lipinski definition) is 1. The van der Waals surface area contributed by atoms with E-state index in [9.17, 15) is 12.8 Å². The first kappa shape index (κ1) is 16.3. The first-order valence-corrected chi connectivity index (χ1v) is 9.05. The third-order valence-corrected chi connectivity index (χ3v) is 6.40. The van der Waals surface area contributed by atoms with Crippen LogP contribution in [0.3, 0.4) is 0 Å². The first-order chi connectivity index (χ1) is 9.96. The second kappa shape index (κ2) is 6.79. The summed E-state index contributed by atoms with van der Waals surface area (Å²) in [5, 5.41) is 8.75. The minimum Gasteiger partial charge on any atom is -0.384 e. The van der Waals surface area contributed by atoms with E-state index in [0.29, 0.717) is 6.54 Å². The summed E-state index contributed by atoms with van der Waals surface area (Å²) in [7, 11) is -3.72. The van der Waals surface area contributed by atoms with E-state index in [2.05, 4.69) is 11.8 Å². The quantitative estimate of drug-likeness (QED) is 0.831. The van der Waals surface area contributed by atoms with Gasteiger partial charge in [-0.15, -0.1) is 0 Å². The maximum absolute atomic E-state index is 13.3. The van der Waals surface area contributed by atoms with Crippen molar-refractivity contribution in [2.75, 3.05) is 24.7 Å². The molecule has 0 amide bonds. The van der Waals surface area contributed by atoms with Crippen molar-refractivity contribution in [3.63, 3.8) is 0 Å². The first-order valence-electron chi connectivity index (χ1n) is 6.45. The van der Waals surface area contributed by atoms with Gasteiger partial charge in [0.2, 0.25) is 10.0 Å². The Kier molecular flexibility index (Phi) is 5.27. The standard InChI is InChI=1S/C14H16FNO3S2/c1-11-10-20-8-6-16(11)21(18,19)14-5-4-13(15)9-12(14)3-2-7-17/h4-5,9,11,17H,6-8,10H2,1H3. The maximum Gasteiger partial charge on any atom is 0.244 e. The highest BCUT2D eigenvalue weighted by atomic mass is 32.2. The molecule has 1 saturated heterocycles. The lowest BCUT2D eigenvalue weighted by Crippen LogP contribution is -2.44. The second-order valence-electron chi connectivity index (χ2n) is 4.64. The van der Waals surface area contributed by atoms with Crippen molar-refractivity contribution < 1.29 is 17.9 Å². The van der Waals surface area contributed by atoms with Crippen molar-refractivity contribution in [3.05, 3.63) is 29.6 Å². The van der Waals surface area contributed by atoms with Gasteiger partial charge in [-0.05, 0) is 25.1 Å². The van der Waals surface area contributed by atoms with Crippen LogP contribution in [0.2, 0.25) is 0 Å². The molecule has 2 rings (SSSR count). The van der Waals surface area contributed by atoms with Crippen LogP contribution in [-0.4, -0.2) is 48.5 Å². The maximum atomic E-state index is 13.3. The van der Waals surface area contributed by atoms with Crippen LogP contribution in [0.4, 0.5) is 4.39 Å². The van der Waals surface area contributed by atoms with Gasteiger partial charge in [0.25, 0.3) is 0 Å². The zero-order valence-electron chi connectivity index (χ0n) is 11.5. The molecular weight excluding hydrogens is 313 g/mol. The molecule has 1 N–H and O–H groups in total. The van der Waals surface area contributed by atoms with Crippen LogP contribution < -0.4 is 0 Å². The summed E-state index contributed by atoms with van der Waals surface area (Å²) in [4.78, 5) is -0.0106. The highest BCUT2D eigenvalue weighted by Gasteiger charge is 2.32. The number of aliphatic hydroxyl groups is 1. The molecule has 7 heteroatoms. The molecule has 21 heavy (non-hydrogen) atoms. The summed E-state index contributed by atoms with van der Waals surface area (Å²) >= 11 is 1.71. The topological polar surface area (TPSA) is 57.6 Å². The molecule has 0 saturated carbocycles. The lowest BCUT2D eigenvalue weighted by atomic mass is 10.2. The Hall–Kier alpha value is -1.07. The number of hydrogen-bond acceptors (Lipinski definition) is 4. The zero-order valence-corrected chi connectivity index (χ0v) is 13.2. The van der Waals surface area contributed by atoms with E-state index in [1.807, 2.05) is 6.92 Å². The average Bonchev–Trinajstić information content (AvgIpc) is 2.45. The third kappa shape index (κ3) is 3.58. The lowest BCUT2D eigenvalue weighted by molar-refractivity contribution is 0.350. The van der Waals surface area contributed by atoms with Gasteiger partial charge in [-0.3, -0.25) is 0 Å². The molecule has 0 aromatic heterocycles. The minimum absolute atomic E-state index is 0.0106. The summed E-state index contributed by atoms with van der Waals surface area (Å²) in [6.45, 7) is 1.87. The largest absolute Gasteiger partial charge is 0.384 e. The van der Waals surface area contributed by atoms with Crippen molar-refractivity contribution in [3.8, 4) is 11.8 Å². The van der Waals surface area contributed by atoms with E-state index in [1.54, 1.807) is 11.8 Å². The summed E-state index contributed by atoms with van der Waals surface area (Å²) in [5.41, 5.74) is 0.0782. The van der Waals surface area contributed by atoms with Gasteiger partial charge in [0, 0.05) is 29.7 Å². The predicted molar refractivity (Wildman–Crippen MR) is 81.0 cm³/mol. The van der Waals surface area contributed by atoms with Gasteiger partial charge in [-0.1, -0.05) is 11.8 Å². The van der Waals surface area contributed by atoms with Crippen molar-refractivity contribution in [2.45, 2.75) is 17.9 Å². The summed E-state index contributed by atoms with van der Waals surface area (Å²) in [6, 6.07) is 3.32. The minimum atomic E-state index is -3.72. The number of rotatable bonds is 2. The predicted octanol–water partition coefficient (Wildman–Crippen LogP) is 1.30. The Bertz CT molecular complexity index is 679. The molecule has 1 fully saturated rings. The average molecular weight is 329 g/mol. The summed E-state index contributed by atoms with van der Waals surface area (Å²) in [5.74, 6) is 5.80. The summed E-state index contributed by atoms with van der Waals surface area (Å²) in [6.07, 6.45) is 0. The van der Waals surface area contributed by atoms with Crippen LogP contribution in [0.1, 0.15) is 12.5 Å². The van der Waals surface area contributed by atoms with Crippen molar-refractivity contribution in [2.24, 2.45) is 0 Å². The molecule has 1 aromatic carbocycles. The van der Waals surface area contributed by atoms with Crippen molar-refractivity contribution in [1.29, 1.82) is 0 Å². The van der Waals surface area contributed by atoms with Gasteiger partial charge in [0.1, 0.15) is 12.4 Å². The number of sulfonamides is 1. The van der Waals surface area contributed by atoms with E-state index in [-0.39, 0.29) is 16.5 Å². The molecule has 1 heterocycles. The van der Waals surface area contributed by atoms with E-state index in [1.165, 1.54) is 10.4 Å². The third-order valence-electron chi connectivity index (χ3n) is 3.14. The van der Waals surface area contributed by atoms with Gasteiger partial charge in [0.05, 0.1) is 4.90 Å². The smallest absolute Gasteiger partial charge is 0.244 e. The molecule has 1 aliphatic rings. The Morgan fingerprint density at radius 2 is 2.29 bits per heavy atom. The van der Waals surface area contributed by atoms with Gasteiger partial charge in [-0.25, -0.2) is 12.8 Å². The number of aliphatic hydroxyl groups excluding tert-OH is 1. The molecule has 1 atom stereocenters. The fraction of sp³-hybridized carbons (Fsp3) is 0.429. The van der Waals surface area contributed by atoms with E-state index < -0.39 is 22.4 Å². The molecular formula is C14H16FNO3S2. The van der Waals surface area contributed by atoms with Crippen molar-refractivity contribution >= 4 is 21.8 Å². The van der Waals surface area contributed by atoms with Crippen molar-refractivity contribution in [1.82, 2.24) is 4.31 Å². The van der Waals surface area contributed by atoms with Crippen LogP contribution in [0.5, 0.6) is 0 Å². The molecule has 114 valence electrons. The van der Waals surface area contributed by atoms with Crippen LogP contribution in [0.25, 0.3) is 0 Å². The van der Waals surface area contributed by atoms with Gasteiger partial charge >= 0.3 is 0 Å².